The number of oxazole rings is 1. The molecule has 2 atom stereocenters. The summed E-state index contributed by atoms with van der Waals surface area (Å²) in [5.74, 6) is 0.184. The highest BCUT2D eigenvalue weighted by Crippen LogP contribution is 2.23. The number of rotatable bonds is 4. The first-order chi connectivity index (χ1) is 10.3. The predicted molar refractivity (Wildman–Crippen MR) is 82.4 cm³/mol. The zero-order chi connectivity index (χ0) is 16.3. The Morgan fingerprint density at radius 2 is 2.09 bits per heavy atom. The highest BCUT2D eigenvalue weighted by atomic mass is 16.6. The highest BCUT2D eigenvalue weighted by molar-refractivity contribution is 5.72. The Kier molecular flexibility index (Phi) is 4.71. The molecule has 1 aromatic heterocycles. The topological polar surface area (TPSA) is 84.6 Å². The van der Waals surface area contributed by atoms with Crippen molar-refractivity contribution in [1.29, 1.82) is 0 Å². The summed E-state index contributed by atoms with van der Waals surface area (Å²) >= 11 is 0. The van der Waals surface area contributed by atoms with E-state index in [1.165, 1.54) is 0 Å². The van der Waals surface area contributed by atoms with Gasteiger partial charge < -0.3 is 19.6 Å². The quantitative estimate of drug-likeness (QED) is 0.906. The van der Waals surface area contributed by atoms with Gasteiger partial charge in [0, 0.05) is 0 Å². The normalized spacial score (nSPS) is 14.6. The molecule has 0 fully saturated rings. The van der Waals surface area contributed by atoms with E-state index in [1.807, 2.05) is 19.1 Å². The molecule has 2 aromatic rings. The van der Waals surface area contributed by atoms with Crippen molar-refractivity contribution in [2.75, 3.05) is 0 Å². The molecule has 1 aromatic carbocycles. The summed E-state index contributed by atoms with van der Waals surface area (Å²) in [6.45, 7) is 7.20. The molecule has 120 valence electrons. The number of aliphatic hydroxyl groups excluding tert-OH is 1. The van der Waals surface area contributed by atoms with Crippen molar-refractivity contribution in [3.63, 3.8) is 0 Å². The van der Waals surface area contributed by atoms with Crippen molar-refractivity contribution < 1.29 is 19.1 Å². The Morgan fingerprint density at radius 3 is 2.68 bits per heavy atom. The third kappa shape index (κ3) is 3.98. The lowest BCUT2D eigenvalue weighted by molar-refractivity contribution is 0.0387. The Balaban J connectivity index is 2.11. The van der Waals surface area contributed by atoms with Crippen LogP contribution >= 0.6 is 0 Å². The Morgan fingerprint density at radius 1 is 1.41 bits per heavy atom. The van der Waals surface area contributed by atoms with E-state index in [4.69, 9.17) is 9.15 Å². The van der Waals surface area contributed by atoms with Crippen LogP contribution < -0.4 is 5.32 Å². The SMILES string of the molecule is CC[C@H](NC(=O)OC(C)(C)C)[C@@H](O)c1nc2ccccc2o1. The average molecular weight is 306 g/mol. The number of hydrogen-bond acceptors (Lipinski definition) is 5. The molecule has 6 heteroatoms. The Bertz CT molecular complexity index is 612. The Labute approximate surface area is 129 Å². The van der Waals surface area contributed by atoms with Crippen LogP contribution in [0.25, 0.3) is 11.1 Å². The Hall–Kier alpha value is -2.08. The highest BCUT2D eigenvalue weighted by Gasteiger charge is 2.27. The standard InChI is InChI=1S/C16H22N2O4/c1-5-10(18-15(20)22-16(2,3)4)13(19)14-17-11-8-6-7-9-12(11)21-14/h6-10,13,19H,5H2,1-4H3,(H,18,20)/t10-,13+/m0/s1. The van der Waals surface area contributed by atoms with Gasteiger partial charge in [-0.05, 0) is 39.3 Å². The number of nitrogens with zero attached hydrogens (tertiary/aromatic N) is 1. The predicted octanol–water partition coefficient (Wildman–Crippen LogP) is 3.16. The van der Waals surface area contributed by atoms with Gasteiger partial charge in [0.1, 0.15) is 11.1 Å². The molecular weight excluding hydrogens is 284 g/mol. The number of carbonyl (C=O) groups excluding carboxylic acids is 1. The van der Waals surface area contributed by atoms with Crippen LogP contribution in [0.4, 0.5) is 4.79 Å². The van der Waals surface area contributed by atoms with Crippen LogP contribution in [0.5, 0.6) is 0 Å². The van der Waals surface area contributed by atoms with Crippen LogP contribution in [0.2, 0.25) is 0 Å². The second kappa shape index (κ2) is 6.36. The largest absolute Gasteiger partial charge is 0.444 e. The maximum atomic E-state index is 11.8. The van der Waals surface area contributed by atoms with Gasteiger partial charge in [-0.25, -0.2) is 9.78 Å². The third-order valence-corrected chi connectivity index (χ3v) is 3.09. The summed E-state index contributed by atoms with van der Waals surface area (Å²) in [6, 6.07) is 6.72. The number of alkyl carbamates (subject to hydrolysis) is 1. The van der Waals surface area contributed by atoms with E-state index in [1.54, 1.807) is 32.9 Å². The van der Waals surface area contributed by atoms with Crippen molar-refractivity contribution >= 4 is 17.2 Å². The second-order valence-electron chi connectivity index (χ2n) is 6.13. The minimum absolute atomic E-state index is 0.184. The van der Waals surface area contributed by atoms with Crippen molar-refractivity contribution in [2.24, 2.45) is 0 Å². The summed E-state index contributed by atoms with van der Waals surface area (Å²) in [6.07, 6.45) is -1.10. The molecule has 0 saturated heterocycles. The van der Waals surface area contributed by atoms with Gasteiger partial charge in [-0.2, -0.15) is 0 Å². The smallest absolute Gasteiger partial charge is 0.407 e. The van der Waals surface area contributed by atoms with Gasteiger partial charge in [0.05, 0.1) is 6.04 Å². The number of amides is 1. The second-order valence-corrected chi connectivity index (χ2v) is 6.13. The van der Waals surface area contributed by atoms with Gasteiger partial charge in [0.25, 0.3) is 0 Å². The van der Waals surface area contributed by atoms with Gasteiger partial charge in [0.15, 0.2) is 11.7 Å². The van der Waals surface area contributed by atoms with Gasteiger partial charge in [-0.15, -0.1) is 0 Å². The van der Waals surface area contributed by atoms with Crippen molar-refractivity contribution in [2.45, 2.75) is 51.9 Å². The summed E-state index contributed by atoms with van der Waals surface area (Å²) in [5, 5.41) is 13.1. The van der Waals surface area contributed by atoms with Crippen LogP contribution in [-0.4, -0.2) is 27.8 Å². The molecule has 22 heavy (non-hydrogen) atoms. The monoisotopic (exact) mass is 306 g/mol. The first kappa shape index (κ1) is 16.3. The lowest BCUT2D eigenvalue weighted by atomic mass is 10.1. The molecule has 0 aliphatic carbocycles. The molecule has 0 aliphatic heterocycles. The summed E-state index contributed by atoms with van der Waals surface area (Å²) < 4.78 is 10.7. The number of benzene rings is 1. The maximum absolute atomic E-state index is 11.8. The fourth-order valence-electron chi connectivity index (χ4n) is 2.05. The lowest BCUT2D eigenvalue weighted by Crippen LogP contribution is -2.42. The number of hydrogen-bond donors (Lipinski definition) is 2. The maximum Gasteiger partial charge on any atom is 0.407 e. The molecule has 2 N–H and O–H groups in total. The molecule has 0 aliphatic rings. The molecule has 0 radical (unpaired) electrons. The van der Waals surface area contributed by atoms with E-state index < -0.39 is 23.8 Å². The fourth-order valence-corrected chi connectivity index (χ4v) is 2.05. The van der Waals surface area contributed by atoms with Crippen molar-refractivity contribution in [3.05, 3.63) is 30.2 Å². The molecule has 1 amide bonds. The molecule has 0 unspecified atom stereocenters. The molecular formula is C16H22N2O4. The summed E-state index contributed by atoms with van der Waals surface area (Å²) in [4.78, 5) is 16.1. The third-order valence-electron chi connectivity index (χ3n) is 3.09. The van der Waals surface area contributed by atoms with Crippen LogP contribution in [-0.2, 0) is 4.74 Å². The number of ether oxygens (including phenoxy) is 1. The minimum atomic E-state index is -1.04. The molecule has 0 spiro atoms. The molecule has 1 heterocycles. The van der Waals surface area contributed by atoms with Crippen LogP contribution in [0.15, 0.2) is 28.7 Å². The molecule has 2 rings (SSSR count). The number of para-hydroxylation sites is 2. The number of aliphatic hydroxyl groups is 1. The zero-order valence-electron chi connectivity index (χ0n) is 13.3. The van der Waals surface area contributed by atoms with Gasteiger partial charge in [0.2, 0.25) is 5.89 Å². The summed E-state index contributed by atoms with van der Waals surface area (Å²) in [7, 11) is 0. The van der Waals surface area contributed by atoms with E-state index in [0.717, 1.165) is 0 Å². The van der Waals surface area contributed by atoms with Gasteiger partial charge in [-0.3, -0.25) is 0 Å². The molecule has 0 saturated carbocycles. The zero-order valence-corrected chi connectivity index (χ0v) is 13.3. The van der Waals surface area contributed by atoms with E-state index in [9.17, 15) is 9.90 Å². The van der Waals surface area contributed by atoms with Crippen LogP contribution in [0, 0.1) is 0 Å². The first-order valence-corrected chi connectivity index (χ1v) is 7.33. The molecule has 6 nitrogen and oxygen atoms in total. The fraction of sp³-hybridized carbons (Fsp3) is 0.500. The minimum Gasteiger partial charge on any atom is -0.444 e. The van der Waals surface area contributed by atoms with Crippen molar-refractivity contribution in [1.82, 2.24) is 10.3 Å². The number of carbonyl (C=O) groups is 1. The van der Waals surface area contributed by atoms with Crippen molar-refractivity contribution in [3.8, 4) is 0 Å². The molecule has 0 bridgehead atoms. The van der Waals surface area contributed by atoms with Crippen LogP contribution in [0.3, 0.4) is 0 Å². The van der Waals surface area contributed by atoms with E-state index in [0.29, 0.717) is 17.5 Å². The number of nitrogens with one attached hydrogen (secondary N) is 1. The van der Waals surface area contributed by atoms with E-state index >= 15 is 0 Å². The summed E-state index contributed by atoms with van der Waals surface area (Å²) in [5.41, 5.74) is 0.678. The van der Waals surface area contributed by atoms with E-state index in [2.05, 4.69) is 10.3 Å². The van der Waals surface area contributed by atoms with Gasteiger partial charge in [-0.1, -0.05) is 19.1 Å². The number of fused-ring (bicyclic) bond motifs is 1. The first-order valence-electron chi connectivity index (χ1n) is 7.33. The number of aromatic nitrogens is 1. The average Bonchev–Trinajstić information content (AvgIpc) is 2.86. The van der Waals surface area contributed by atoms with Gasteiger partial charge >= 0.3 is 6.09 Å². The van der Waals surface area contributed by atoms with E-state index in [-0.39, 0.29) is 5.89 Å². The lowest BCUT2D eigenvalue weighted by Gasteiger charge is -2.24. The van der Waals surface area contributed by atoms with Crippen LogP contribution in [0.1, 0.15) is 46.1 Å².